The van der Waals surface area contributed by atoms with E-state index in [4.69, 9.17) is 16.9 Å². The molecule has 0 bridgehead atoms. The predicted octanol–water partition coefficient (Wildman–Crippen LogP) is 2.28. The van der Waals surface area contributed by atoms with Crippen LogP contribution in [0, 0.1) is 11.3 Å². The van der Waals surface area contributed by atoms with E-state index in [0.29, 0.717) is 5.69 Å². The minimum Gasteiger partial charge on any atom is -0.265 e. The Bertz CT molecular complexity index is 426. The lowest BCUT2D eigenvalue weighted by Gasteiger charge is -1.90. The highest BCUT2D eigenvalue weighted by Crippen LogP contribution is 2.00. The fourth-order valence-corrected chi connectivity index (χ4v) is 1.03. The molecule has 0 fully saturated rings. The summed E-state index contributed by atoms with van der Waals surface area (Å²) in [5.41, 5.74) is 0.655. The second-order valence-electron chi connectivity index (χ2n) is 2.68. The van der Waals surface area contributed by atoms with Gasteiger partial charge in [-0.15, -0.1) is 0 Å². The van der Waals surface area contributed by atoms with Gasteiger partial charge in [-0.05, 0) is 29.8 Å². The Morgan fingerprint density at radius 1 is 1.19 bits per heavy atom. The van der Waals surface area contributed by atoms with Gasteiger partial charge < -0.3 is 0 Å². The van der Waals surface area contributed by atoms with Crippen LogP contribution in [0.1, 0.15) is 5.69 Å². The van der Waals surface area contributed by atoms with Gasteiger partial charge in [0.1, 0.15) is 0 Å². The van der Waals surface area contributed by atoms with Gasteiger partial charge in [0.25, 0.3) is 0 Å². The number of nitrogens with zero attached hydrogens (tertiary/aromatic N) is 4. The zero-order valence-corrected chi connectivity index (χ0v) is 9.17. The lowest BCUT2D eigenvalue weighted by molar-refractivity contribution is 1.05. The Kier molecular flexibility index (Phi) is 5.53. The van der Waals surface area contributed by atoms with Crippen molar-refractivity contribution >= 4 is 11.6 Å². The normalized spacial score (nSPS) is 8.50. The van der Waals surface area contributed by atoms with Crippen molar-refractivity contribution in [3.05, 3.63) is 53.8 Å². The SMILES string of the molecule is N#CCc1ccnc(Cl)n1.c1ccncc1. The van der Waals surface area contributed by atoms with Crippen LogP contribution in [0.4, 0.5) is 0 Å². The number of hydrogen-bond donors (Lipinski definition) is 0. The molecule has 0 amide bonds. The van der Waals surface area contributed by atoms with Crippen LogP contribution in [0.15, 0.2) is 42.9 Å². The summed E-state index contributed by atoms with van der Waals surface area (Å²) in [6.07, 6.45) is 5.31. The zero-order chi connectivity index (χ0) is 11.6. The average molecular weight is 233 g/mol. The number of rotatable bonds is 1. The number of hydrogen-bond acceptors (Lipinski definition) is 4. The molecule has 0 saturated heterocycles. The topological polar surface area (TPSA) is 62.5 Å². The smallest absolute Gasteiger partial charge is 0.222 e. The molecule has 0 atom stereocenters. The van der Waals surface area contributed by atoms with Crippen LogP contribution in [0.25, 0.3) is 0 Å². The molecule has 0 N–H and O–H groups in total. The van der Waals surface area contributed by atoms with Gasteiger partial charge in [-0.2, -0.15) is 5.26 Å². The summed E-state index contributed by atoms with van der Waals surface area (Å²) in [5.74, 6) is 0. The maximum Gasteiger partial charge on any atom is 0.222 e. The van der Waals surface area contributed by atoms with E-state index in [1.54, 1.807) is 18.5 Å². The van der Waals surface area contributed by atoms with E-state index in [1.807, 2.05) is 24.3 Å². The minimum atomic E-state index is 0.188. The molecule has 0 radical (unpaired) electrons. The van der Waals surface area contributed by atoms with Crippen LogP contribution >= 0.6 is 11.6 Å². The van der Waals surface area contributed by atoms with Gasteiger partial charge >= 0.3 is 0 Å². The monoisotopic (exact) mass is 232 g/mol. The highest BCUT2D eigenvalue weighted by atomic mass is 35.5. The van der Waals surface area contributed by atoms with Crippen LogP contribution in [0.2, 0.25) is 5.28 Å². The van der Waals surface area contributed by atoms with Gasteiger partial charge in [0.05, 0.1) is 18.2 Å². The molecular weight excluding hydrogens is 224 g/mol. The molecule has 2 heterocycles. The first kappa shape index (κ1) is 12.1. The van der Waals surface area contributed by atoms with E-state index >= 15 is 0 Å². The highest BCUT2D eigenvalue weighted by Gasteiger charge is 1.93. The summed E-state index contributed by atoms with van der Waals surface area (Å²) >= 11 is 5.45. The quantitative estimate of drug-likeness (QED) is 0.708. The molecule has 5 heteroatoms. The van der Waals surface area contributed by atoms with Crippen LogP contribution in [0.5, 0.6) is 0 Å². The maximum atomic E-state index is 8.26. The summed E-state index contributed by atoms with van der Waals surface area (Å²) in [5, 5.41) is 8.44. The second kappa shape index (κ2) is 7.32. The zero-order valence-electron chi connectivity index (χ0n) is 8.42. The van der Waals surface area contributed by atoms with Crippen molar-refractivity contribution in [3.8, 4) is 6.07 Å². The lowest BCUT2D eigenvalue weighted by Crippen LogP contribution is -1.88. The third-order valence-electron chi connectivity index (χ3n) is 1.51. The molecule has 0 aliphatic heterocycles. The summed E-state index contributed by atoms with van der Waals surface area (Å²) in [6.45, 7) is 0. The standard InChI is InChI=1S/C6H4ClN3.C5H5N/c7-6-9-4-2-5(10-6)1-3-8;1-2-4-6-5-3-1/h2,4H,1H2;1-5H. The Balaban J connectivity index is 0.000000181. The fraction of sp³-hybridized carbons (Fsp3) is 0.0909. The van der Waals surface area contributed by atoms with Crippen LogP contribution in [0.3, 0.4) is 0 Å². The van der Waals surface area contributed by atoms with Crippen LogP contribution in [-0.4, -0.2) is 15.0 Å². The molecule has 0 spiro atoms. The first-order chi connectivity index (χ1) is 7.83. The first-order valence-corrected chi connectivity index (χ1v) is 4.90. The van der Waals surface area contributed by atoms with E-state index in [2.05, 4.69) is 15.0 Å². The van der Waals surface area contributed by atoms with Crippen LogP contribution in [-0.2, 0) is 6.42 Å². The Morgan fingerprint density at radius 2 is 1.94 bits per heavy atom. The van der Waals surface area contributed by atoms with E-state index in [9.17, 15) is 0 Å². The van der Waals surface area contributed by atoms with Crippen molar-refractivity contribution in [2.24, 2.45) is 0 Å². The second-order valence-corrected chi connectivity index (χ2v) is 3.01. The van der Waals surface area contributed by atoms with E-state index in [-0.39, 0.29) is 11.7 Å². The highest BCUT2D eigenvalue weighted by molar-refractivity contribution is 6.28. The first-order valence-electron chi connectivity index (χ1n) is 4.52. The van der Waals surface area contributed by atoms with Gasteiger partial charge in [0.15, 0.2) is 0 Å². The molecule has 0 aliphatic rings. The molecule has 0 saturated carbocycles. The molecule has 0 unspecified atom stereocenters. The van der Waals surface area contributed by atoms with Gasteiger partial charge in [0, 0.05) is 18.6 Å². The van der Waals surface area contributed by atoms with Crippen molar-refractivity contribution in [2.45, 2.75) is 6.42 Å². The molecule has 16 heavy (non-hydrogen) atoms. The Morgan fingerprint density at radius 3 is 2.38 bits per heavy atom. The molecule has 2 rings (SSSR count). The van der Waals surface area contributed by atoms with Gasteiger partial charge in [-0.1, -0.05) is 6.07 Å². The van der Waals surface area contributed by atoms with Gasteiger partial charge in [-0.25, -0.2) is 9.97 Å². The molecular formula is C11H9ClN4. The maximum absolute atomic E-state index is 8.26. The molecule has 0 aromatic carbocycles. The number of nitriles is 1. The average Bonchev–Trinajstić information content (AvgIpc) is 2.33. The lowest BCUT2D eigenvalue weighted by atomic mass is 10.3. The molecule has 4 nitrogen and oxygen atoms in total. The third-order valence-corrected chi connectivity index (χ3v) is 1.69. The largest absolute Gasteiger partial charge is 0.265 e. The number of pyridine rings is 1. The third kappa shape index (κ3) is 5.03. The number of halogens is 1. The minimum absolute atomic E-state index is 0.188. The Labute approximate surface area is 98.6 Å². The predicted molar refractivity (Wildman–Crippen MR) is 60.6 cm³/mol. The van der Waals surface area contributed by atoms with E-state index < -0.39 is 0 Å². The Hall–Kier alpha value is -1.99. The van der Waals surface area contributed by atoms with Crippen molar-refractivity contribution in [1.82, 2.24) is 15.0 Å². The van der Waals surface area contributed by atoms with Gasteiger partial charge in [0.2, 0.25) is 5.28 Å². The molecule has 2 aromatic heterocycles. The summed E-state index contributed by atoms with van der Waals surface area (Å²) in [7, 11) is 0. The fourth-order valence-electron chi connectivity index (χ4n) is 0.862. The summed E-state index contributed by atoms with van der Waals surface area (Å²) in [4.78, 5) is 11.2. The summed E-state index contributed by atoms with van der Waals surface area (Å²) in [6, 6.07) is 9.34. The van der Waals surface area contributed by atoms with Crippen LogP contribution < -0.4 is 0 Å². The molecule has 0 aliphatic carbocycles. The van der Waals surface area contributed by atoms with E-state index in [1.165, 1.54) is 6.20 Å². The molecule has 80 valence electrons. The van der Waals surface area contributed by atoms with Crippen molar-refractivity contribution in [1.29, 1.82) is 5.26 Å². The van der Waals surface area contributed by atoms with Crippen molar-refractivity contribution in [2.75, 3.05) is 0 Å². The number of aromatic nitrogens is 3. The van der Waals surface area contributed by atoms with Gasteiger partial charge in [-0.3, -0.25) is 4.98 Å². The van der Waals surface area contributed by atoms with E-state index in [0.717, 1.165) is 0 Å². The molecule has 2 aromatic rings. The summed E-state index contributed by atoms with van der Waals surface area (Å²) < 4.78 is 0. The van der Waals surface area contributed by atoms with Crippen molar-refractivity contribution < 1.29 is 0 Å². The van der Waals surface area contributed by atoms with Crippen molar-refractivity contribution in [3.63, 3.8) is 0 Å².